The van der Waals surface area contributed by atoms with E-state index in [1.54, 1.807) is 20.5 Å². The number of nitrogens with two attached hydrogens (primary N) is 1. The molecule has 0 atom stereocenters. The predicted octanol–water partition coefficient (Wildman–Crippen LogP) is 1.57. The lowest BCUT2D eigenvalue weighted by atomic mass is 9.81. The van der Waals surface area contributed by atoms with Crippen molar-refractivity contribution >= 4 is 33.1 Å². The van der Waals surface area contributed by atoms with Gasteiger partial charge in [0.2, 0.25) is 0 Å². The minimum Gasteiger partial charge on any atom is -0.493 e. The van der Waals surface area contributed by atoms with Crippen molar-refractivity contribution in [3.05, 3.63) is 18.5 Å². The monoisotopic (exact) mass is 465 g/mol. The summed E-state index contributed by atoms with van der Waals surface area (Å²) in [6.45, 7) is 1.82. The Bertz CT molecular complexity index is 1110. The van der Waals surface area contributed by atoms with E-state index >= 15 is 0 Å². The number of carbonyl (C=O) groups is 1. The lowest BCUT2D eigenvalue weighted by molar-refractivity contribution is 0.210. The Balaban J connectivity index is 1.45. The van der Waals surface area contributed by atoms with Crippen LogP contribution < -0.4 is 24.8 Å². The van der Waals surface area contributed by atoms with Gasteiger partial charge in [-0.15, -0.1) is 0 Å². The highest BCUT2D eigenvalue weighted by Gasteiger charge is 2.50. The molecule has 12 heteroatoms. The minimum absolute atomic E-state index is 0.107. The molecule has 2 fully saturated rings. The summed E-state index contributed by atoms with van der Waals surface area (Å²) < 4.78 is 40.9. The molecule has 1 amide bonds. The van der Waals surface area contributed by atoms with Gasteiger partial charge in [0.25, 0.3) is 0 Å². The van der Waals surface area contributed by atoms with Gasteiger partial charge in [0.1, 0.15) is 12.1 Å². The van der Waals surface area contributed by atoms with Gasteiger partial charge in [-0.3, -0.25) is 0 Å². The number of carbonyl (C=O) groups excluding carboxylic acids is 1. The second-order valence-corrected chi connectivity index (χ2v) is 9.59. The van der Waals surface area contributed by atoms with Gasteiger partial charge >= 0.3 is 16.4 Å². The van der Waals surface area contributed by atoms with Crippen LogP contribution in [0.3, 0.4) is 0 Å². The molecular formula is C20H27N5O6S. The first-order chi connectivity index (χ1) is 15.3. The van der Waals surface area contributed by atoms with Gasteiger partial charge in [0.05, 0.1) is 19.7 Å². The average molecular weight is 466 g/mol. The zero-order chi connectivity index (χ0) is 22.9. The summed E-state index contributed by atoms with van der Waals surface area (Å²) in [4.78, 5) is 21.9. The smallest absolute Gasteiger partial charge is 0.421 e. The van der Waals surface area contributed by atoms with Gasteiger partial charge in [0, 0.05) is 31.1 Å². The SMILES string of the molecule is COc1cc2ncnc(N3CCC(C4(CNS(=O)(=O)OC(N)=O)CC4)CC3)c2cc1OC. The number of fused-ring (bicyclic) bond motifs is 1. The number of rotatable bonds is 8. The number of nitrogens with one attached hydrogen (secondary N) is 1. The molecule has 0 bridgehead atoms. The van der Waals surface area contributed by atoms with Crippen molar-refractivity contribution in [2.24, 2.45) is 17.1 Å². The zero-order valence-electron chi connectivity index (χ0n) is 18.0. The van der Waals surface area contributed by atoms with Crippen LogP contribution in [0.25, 0.3) is 10.9 Å². The number of hydrogen-bond acceptors (Lipinski definition) is 9. The quantitative estimate of drug-likeness (QED) is 0.593. The highest BCUT2D eigenvalue weighted by atomic mass is 32.2. The molecule has 1 aromatic carbocycles. The molecule has 4 rings (SSSR count). The summed E-state index contributed by atoms with van der Waals surface area (Å²) >= 11 is 0. The predicted molar refractivity (Wildman–Crippen MR) is 117 cm³/mol. The van der Waals surface area contributed by atoms with E-state index in [4.69, 9.17) is 15.2 Å². The third-order valence-electron chi connectivity index (χ3n) is 6.47. The average Bonchev–Trinajstić information content (AvgIpc) is 3.57. The summed E-state index contributed by atoms with van der Waals surface area (Å²) in [6.07, 6.45) is 3.87. The molecule has 174 valence electrons. The van der Waals surface area contributed by atoms with E-state index in [0.717, 1.165) is 55.5 Å². The van der Waals surface area contributed by atoms with Crippen LogP contribution in [0.15, 0.2) is 18.5 Å². The van der Waals surface area contributed by atoms with E-state index in [0.29, 0.717) is 17.4 Å². The van der Waals surface area contributed by atoms with Crippen molar-refractivity contribution in [3.8, 4) is 11.5 Å². The molecular weight excluding hydrogens is 438 g/mol. The highest BCUT2D eigenvalue weighted by Crippen LogP contribution is 2.55. The van der Waals surface area contributed by atoms with Gasteiger partial charge in [0.15, 0.2) is 11.5 Å². The molecule has 0 unspecified atom stereocenters. The van der Waals surface area contributed by atoms with E-state index in [9.17, 15) is 13.2 Å². The fourth-order valence-corrected chi connectivity index (χ4v) is 5.32. The molecule has 1 aromatic heterocycles. The second-order valence-electron chi connectivity index (χ2n) is 8.22. The van der Waals surface area contributed by atoms with Crippen molar-refractivity contribution in [2.45, 2.75) is 25.7 Å². The molecule has 1 aliphatic carbocycles. The largest absolute Gasteiger partial charge is 0.493 e. The van der Waals surface area contributed by atoms with Crippen molar-refractivity contribution in [1.82, 2.24) is 14.7 Å². The van der Waals surface area contributed by atoms with E-state index in [1.165, 1.54) is 0 Å². The van der Waals surface area contributed by atoms with Crippen LogP contribution in [0, 0.1) is 11.3 Å². The number of methoxy groups -OCH3 is 2. The van der Waals surface area contributed by atoms with Crippen LogP contribution in [0.5, 0.6) is 11.5 Å². The van der Waals surface area contributed by atoms with Crippen LogP contribution >= 0.6 is 0 Å². The lowest BCUT2D eigenvalue weighted by Crippen LogP contribution is -2.42. The van der Waals surface area contributed by atoms with Crippen molar-refractivity contribution in [1.29, 1.82) is 0 Å². The van der Waals surface area contributed by atoms with Gasteiger partial charge in [-0.1, -0.05) is 0 Å². The number of hydrogen-bond donors (Lipinski definition) is 2. The number of nitrogens with zero attached hydrogens (tertiary/aromatic N) is 3. The van der Waals surface area contributed by atoms with Crippen molar-refractivity contribution in [3.63, 3.8) is 0 Å². The highest BCUT2D eigenvalue weighted by molar-refractivity contribution is 7.85. The Morgan fingerprint density at radius 2 is 1.84 bits per heavy atom. The number of piperidine rings is 1. The molecule has 3 N–H and O–H groups in total. The summed E-state index contributed by atoms with van der Waals surface area (Å²) in [7, 11) is -0.996. The maximum Gasteiger partial charge on any atom is 0.421 e. The molecule has 2 heterocycles. The molecule has 0 spiro atoms. The second kappa shape index (κ2) is 8.58. The standard InChI is InChI=1S/C20H27N5O6S/c1-29-16-9-14-15(10-17(16)30-2)22-12-23-18(14)25-7-3-13(4-8-25)20(5-6-20)11-24-32(27,28)31-19(21)26/h9-10,12-13,24H,3-8,11H2,1-2H3,(H2,21,26). The summed E-state index contributed by atoms with van der Waals surface area (Å²) in [6, 6.07) is 3.73. The van der Waals surface area contributed by atoms with Crippen molar-refractivity contribution < 1.29 is 26.9 Å². The summed E-state index contributed by atoms with van der Waals surface area (Å²) in [5.41, 5.74) is 5.48. The number of primary amides is 1. The lowest BCUT2D eigenvalue weighted by Gasteiger charge is -2.37. The Kier molecular flexibility index (Phi) is 5.99. The molecule has 32 heavy (non-hydrogen) atoms. The van der Waals surface area contributed by atoms with E-state index in [2.05, 4.69) is 23.8 Å². The Morgan fingerprint density at radius 1 is 1.19 bits per heavy atom. The van der Waals surface area contributed by atoms with Crippen LogP contribution in [0.4, 0.5) is 10.6 Å². The van der Waals surface area contributed by atoms with Gasteiger partial charge < -0.3 is 24.3 Å². The minimum atomic E-state index is -4.18. The van der Waals surface area contributed by atoms with E-state index in [-0.39, 0.29) is 12.0 Å². The Hall–Kier alpha value is -2.86. The molecule has 2 aromatic rings. The number of ether oxygens (including phenoxy) is 2. The Labute approximate surface area is 186 Å². The normalized spacial score (nSPS) is 18.4. The van der Waals surface area contributed by atoms with Crippen LogP contribution in [-0.2, 0) is 14.5 Å². The number of benzene rings is 1. The fraction of sp³-hybridized carbons (Fsp3) is 0.550. The first-order valence-corrected chi connectivity index (χ1v) is 11.8. The third kappa shape index (κ3) is 4.51. The maximum atomic E-state index is 11.8. The number of amides is 1. The molecule has 0 radical (unpaired) electrons. The summed E-state index contributed by atoms with van der Waals surface area (Å²) in [5.74, 6) is 2.43. The van der Waals surface area contributed by atoms with Crippen LogP contribution in [-0.4, -0.2) is 58.3 Å². The molecule has 1 saturated carbocycles. The molecule has 11 nitrogen and oxygen atoms in total. The fourth-order valence-electron chi connectivity index (χ4n) is 4.58. The number of anilines is 1. The Morgan fingerprint density at radius 3 is 2.44 bits per heavy atom. The van der Waals surface area contributed by atoms with Crippen LogP contribution in [0.2, 0.25) is 0 Å². The number of aromatic nitrogens is 2. The van der Waals surface area contributed by atoms with Gasteiger partial charge in [-0.25, -0.2) is 14.8 Å². The van der Waals surface area contributed by atoms with Crippen LogP contribution in [0.1, 0.15) is 25.7 Å². The van der Waals surface area contributed by atoms with Crippen molar-refractivity contribution in [2.75, 3.05) is 38.8 Å². The van der Waals surface area contributed by atoms with Gasteiger partial charge in [-0.2, -0.15) is 13.1 Å². The van der Waals surface area contributed by atoms with E-state index < -0.39 is 16.4 Å². The van der Waals surface area contributed by atoms with E-state index in [1.807, 2.05) is 12.1 Å². The molecule has 1 saturated heterocycles. The summed E-state index contributed by atoms with van der Waals surface area (Å²) in [5, 5.41) is 0.890. The first kappa shape index (κ1) is 22.3. The maximum absolute atomic E-state index is 11.8. The molecule has 2 aliphatic rings. The topological polar surface area (TPSA) is 146 Å². The van der Waals surface area contributed by atoms with Gasteiger partial charge in [-0.05, 0) is 43.1 Å². The molecule has 1 aliphatic heterocycles. The first-order valence-electron chi connectivity index (χ1n) is 10.4. The zero-order valence-corrected chi connectivity index (χ0v) is 18.9. The third-order valence-corrected chi connectivity index (χ3v) is 7.35.